The summed E-state index contributed by atoms with van der Waals surface area (Å²) in [6.07, 6.45) is 3.06. The number of rotatable bonds is 8. The number of esters is 1. The molecule has 0 amide bonds. The minimum Gasteiger partial charge on any atom is -0.497 e. The van der Waals surface area contributed by atoms with E-state index in [4.69, 9.17) is 9.47 Å². The zero-order chi connectivity index (χ0) is 15.7. The van der Waals surface area contributed by atoms with E-state index in [-0.39, 0.29) is 6.61 Å². The first-order chi connectivity index (χ1) is 10.2. The average molecular weight is 291 g/mol. The topological polar surface area (TPSA) is 64.6 Å². The van der Waals surface area contributed by atoms with Crippen molar-refractivity contribution in [2.45, 2.75) is 26.3 Å². The number of ether oxygens (including phenoxy) is 2. The van der Waals surface area contributed by atoms with E-state index >= 15 is 0 Å². The number of anilines is 1. The van der Waals surface area contributed by atoms with Crippen LogP contribution in [0.3, 0.4) is 0 Å². The minimum atomic E-state index is -0.809. The number of carbonyl (C=O) groups excluding carboxylic acids is 2. The summed E-state index contributed by atoms with van der Waals surface area (Å²) >= 11 is 0. The molecular weight excluding hydrogens is 270 g/mol. The van der Waals surface area contributed by atoms with Crippen molar-refractivity contribution in [2.75, 3.05) is 19.0 Å². The fourth-order valence-electron chi connectivity index (χ4n) is 1.83. The number of methoxy groups -OCH3 is 1. The molecule has 0 fully saturated rings. The second kappa shape index (κ2) is 8.79. The second-order valence-corrected chi connectivity index (χ2v) is 4.29. The van der Waals surface area contributed by atoms with E-state index in [1.165, 1.54) is 0 Å². The maximum absolute atomic E-state index is 12.0. The normalized spacial score (nSPS) is 12.4. The van der Waals surface area contributed by atoms with Crippen LogP contribution >= 0.6 is 0 Å². The molecule has 1 aromatic carbocycles. The lowest BCUT2D eigenvalue weighted by Crippen LogP contribution is -2.34. The van der Waals surface area contributed by atoms with Gasteiger partial charge in [-0.1, -0.05) is 13.0 Å². The highest BCUT2D eigenvalue weighted by Gasteiger charge is 2.23. The van der Waals surface area contributed by atoms with Crippen LogP contribution in [0.15, 0.2) is 35.9 Å². The molecule has 1 N–H and O–H groups in total. The Morgan fingerprint density at radius 3 is 2.43 bits per heavy atom. The van der Waals surface area contributed by atoms with Crippen LogP contribution in [-0.2, 0) is 14.3 Å². The van der Waals surface area contributed by atoms with E-state index in [2.05, 4.69) is 5.32 Å². The lowest BCUT2D eigenvalue weighted by atomic mass is 10.1. The van der Waals surface area contributed by atoms with Crippen LogP contribution in [-0.4, -0.2) is 32.0 Å². The largest absolute Gasteiger partial charge is 0.497 e. The lowest BCUT2D eigenvalue weighted by Gasteiger charge is -2.18. The predicted octanol–water partition coefficient (Wildman–Crippen LogP) is 2.57. The molecule has 5 heteroatoms. The predicted molar refractivity (Wildman–Crippen MR) is 81.5 cm³/mol. The number of hydrogen-bond donors (Lipinski definition) is 1. The fraction of sp³-hybridized carbons (Fsp3) is 0.375. The van der Waals surface area contributed by atoms with E-state index in [9.17, 15) is 9.59 Å². The Balaban J connectivity index is 2.97. The van der Waals surface area contributed by atoms with Crippen LogP contribution in [0.1, 0.15) is 20.3 Å². The summed E-state index contributed by atoms with van der Waals surface area (Å²) in [5.74, 6) is 0.244. The SMILES string of the molecule is CC/C=C(\C=O)[C@H](Nc1ccc(OC)cc1)C(=O)OCC. The second-order valence-electron chi connectivity index (χ2n) is 4.29. The van der Waals surface area contributed by atoms with Crippen molar-refractivity contribution in [3.63, 3.8) is 0 Å². The number of benzene rings is 1. The van der Waals surface area contributed by atoms with Crippen LogP contribution in [0, 0.1) is 0 Å². The molecule has 0 aliphatic carbocycles. The van der Waals surface area contributed by atoms with Crippen LogP contribution in [0.25, 0.3) is 0 Å². The maximum atomic E-state index is 12.0. The third kappa shape index (κ3) is 4.95. The van der Waals surface area contributed by atoms with Gasteiger partial charge in [-0.2, -0.15) is 0 Å². The van der Waals surface area contributed by atoms with Crippen LogP contribution in [0.5, 0.6) is 5.75 Å². The molecule has 21 heavy (non-hydrogen) atoms. The summed E-state index contributed by atoms with van der Waals surface area (Å²) in [7, 11) is 1.58. The number of hydrogen-bond acceptors (Lipinski definition) is 5. The van der Waals surface area contributed by atoms with Gasteiger partial charge in [-0.05, 0) is 37.6 Å². The standard InChI is InChI=1S/C16H21NO4/c1-4-6-12(11-18)15(16(19)21-5-2)17-13-7-9-14(20-3)10-8-13/h6-11,15,17H,4-5H2,1-3H3/b12-6+/t15-/m0/s1. The molecule has 5 nitrogen and oxygen atoms in total. The Kier molecular flexibility index (Phi) is 7.01. The van der Waals surface area contributed by atoms with Crippen LogP contribution in [0.2, 0.25) is 0 Å². The van der Waals surface area contributed by atoms with Gasteiger partial charge in [-0.25, -0.2) is 4.79 Å². The molecule has 0 spiro atoms. The molecule has 0 radical (unpaired) electrons. The van der Waals surface area contributed by atoms with Gasteiger partial charge in [-0.15, -0.1) is 0 Å². The maximum Gasteiger partial charge on any atom is 0.333 e. The molecule has 0 unspecified atom stereocenters. The Morgan fingerprint density at radius 2 is 1.95 bits per heavy atom. The van der Waals surface area contributed by atoms with Crippen LogP contribution < -0.4 is 10.1 Å². The van der Waals surface area contributed by atoms with Gasteiger partial charge in [0.15, 0.2) is 6.04 Å². The highest BCUT2D eigenvalue weighted by atomic mass is 16.5. The molecular formula is C16H21NO4. The Morgan fingerprint density at radius 1 is 1.29 bits per heavy atom. The molecule has 0 saturated heterocycles. The van der Waals surface area contributed by atoms with E-state index in [0.29, 0.717) is 29.7 Å². The summed E-state index contributed by atoms with van der Waals surface area (Å²) in [6.45, 7) is 3.89. The highest BCUT2D eigenvalue weighted by Crippen LogP contribution is 2.18. The third-order valence-corrected chi connectivity index (χ3v) is 2.83. The van der Waals surface area contributed by atoms with E-state index in [0.717, 1.165) is 0 Å². The quantitative estimate of drug-likeness (QED) is 0.453. The zero-order valence-corrected chi connectivity index (χ0v) is 12.6. The molecule has 0 heterocycles. The summed E-state index contributed by atoms with van der Waals surface area (Å²) in [5.41, 5.74) is 1.07. The van der Waals surface area contributed by atoms with E-state index < -0.39 is 12.0 Å². The van der Waals surface area contributed by atoms with Gasteiger partial charge in [0.05, 0.1) is 13.7 Å². The Hall–Kier alpha value is -2.30. The van der Waals surface area contributed by atoms with Crippen LogP contribution in [0.4, 0.5) is 5.69 Å². The van der Waals surface area contributed by atoms with Crippen molar-refractivity contribution < 1.29 is 19.1 Å². The summed E-state index contributed by atoms with van der Waals surface area (Å²) < 4.78 is 10.1. The van der Waals surface area contributed by atoms with Crippen molar-refractivity contribution >= 4 is 17.9 Å². The minimum absolute atomic E-state index is 0.262. The van der Waals surface area contributed by atoms with Gasteiger partial charge in [-0.3, -0.25) is 4.79 Å². The molecule has 1 aromatic rings. The summed E-state index contributed by atoms with van der Waals surface area (Å²) in [6, 6.07) is 6.29. The van der Waals surface area contributed by atoms with Gasteiger partial charge in [0.25, 0.3) is 0 Å². The highest BCUT2D eigenvalue weighted by molar-refractivity contribution is 5.92. The van der Waals surface area contributed by atoms with Gasteiger partial charge >= 0.3 is 5.97 Å². The van der Waals surface area contributed by atoms with Gasteiger partial charge in [0, 0.05) is 11.3 Å². The molecule has 1 rings (SSSR count). The first-order valence-corrected chi connectivity index (χ1v) is 6.88. The fourth-order valence-corrected chi connectivity index (χ4v) is 1.83. The van der Waals surface area contributed by atoms with Gasteiger partial charge in [0.2, 0.25) is 0 Å². The Bertz CT molecular complexity index is 494. The molecule has 0 aliphatic rings. The molecule has 0 bridgehead atoms. The average Bonchev–Trinajstić information content (AvgIpc) is 2.51. The number of carbonyl (C=O) groups is 2. The van der Waals surface area contributed by atoms with Gasteiger partial charge in [0.1, 0.15) is 12.0 Å². The first kappa shape index (κ1) is 16.8. The van der Waals surface area contributed by atoms with Crippen molar-refractivity contribution in [1.82, 2.24) is 0 Å². The summed E-state index contributed by atoms with van der Waals surface area (Å²) in [4.78, 5) is 23.2. The lowest BCUT2D eigenvalue weighted by molar-refractivity contribution is -0.143. The third-order valence-electron chi connectivity index (χ3n) is 2.83. The molecule has 0 aliphatic heterocycles. The number of allylic oxidation sites excluding steroid dienone is 1. The number of nitrogens with one attached hydrogen (secondary N) is 1. The van der Waals surface area contributed by atoms with Crippen molar-refractivity contribution in [2.24, 2.45) is 0 Å². The first-order valence-electron chi connectivity index (χ1n) is 6.88. The van der Waals surface area contributed by atoms with Crippen molar-refractivity contribution in [3.8, 4) is 5.75 Å². The molecule has 0 saturated carbocycles. The zero-order valence-electron chi connectivity index (χ0n) is 12.6. The molecule has 0 aromatic heterocycles. The Labute approximate surface area is 124 Å². The number of aldehydes is 1. The molecule has 114 valence electrons. The van der Waals surface area contributed by atoms with Gasteiger partial charge < -0.3 is 14.8 Å². The summed E-state index contributed by atoms with van der Waals surface area (Å²) in [5, 5.41) is 3.02. The molecule has 1 atom stereocenters. The smallest absolute Gasteiger partial charge is 0.333 e. The van der Waals surface area contributed by atoms with Crippen molar-refractivity contribution in [1.29, 1.82) is 0 Å². The van der Waals surface area contributed by atoms with Crippen molar-refractivity contribution in [3.05, 3.63) is 35.9 Å². The van der Waals surface area contributed by atoms with E-state index in [1.807, 2.05) is 6.92 Å². The van der Waals surface area contributed by atoms with E-state index in [1.54, 1.807) is 44.4 Å². The monoisotopic (exact) mass is 291 g/mol.